The first kappa shape index (κ1) is 14.4. The van der Waals surface area contributed by atoms with Crippen molar-refractivity contribution in [1.82, 2.24) is 19.3 Å². The first-order chi connectivity index (χ1) is 8.92. The quantitative estimate of drug-likeness (QED) is 0.908. The second-order valence-electron chi connectivity index (χ2n) is 4.07. The lowest BCUT2D eigenvalue weighted by Crippen LogP contribution is -2.28. The third-order valence-corrected chi connectivity index (χ3v) is 5.46. The smallest absolute Gasteiger partial charge is 0.261 e. The number of halogens is 1. The Morgan fingerprint density at radius 1 is 1.53 bits per heavy atom. The van der Waals surface area contributed by atoms with Crippen LogP contribution in [0.5, 0.6) is 0 Å². The van der Waals surface area contributed by atoms with Crippen molar-refractivity contribution in [2.45, 2.75) is 17.9 Å². The van der Waals surface area contributed by atoms with E-state index in [0.717, 1.165) is 5.01 Å². The number of aromatic nitrogens is 3. The summed E-state index contributed by atoms with van der Waals surface area (Å²) in [6, 6.07) is 0. The molecule has 2 aromatic heterocycles. The van der Waals surface area contributed by atoms with Gasteiger partial charge in [-0.2, -0.15) is 0 Å². The maximum Gasteiger partial charge on any atom is 0.261 e. The molecule has 0 aliphatic heterocycles. The molecular weight excluding hydrogens is 308 g/mol. The van der Waals surface area contributed by atoms with Crippen molar-refractivity contribution in [3.63, 3.8) is 0 Å². The fraction of sp³-hybridized carbons (Fsp3) is 0.400. The number of hydrogen-bond donors (Lipinski definition) is 1. The summed E-state index contributed by atoms with van der Waals surface area (Å²) in [4.78, 5) is 7.94. The molecule has 0 aliphatic carbocycles. The molecule has 0 bridgehead atoms. The Morgan fingerprint density at radius 2 is 2.26 bits per heavy atom. The van der Waals surface area contributed by atoms with Gasteiger partial charge in [-0.15, -0.1) is 11.3 Å². The lowest BCUT2D eigenvalue weighted by molar-refractivity contribution is 0.571. The van der Waals surface area contributed by atoms with E-state index in [9.17, 15) is 8.42 Å². The Kier molecular flexibility index (Phi) is 4.24. The number of nitrogens with one attached hydrogen (secondary N) is 1. The zero-order valence-electron chi connectivity index (χ0n) is 10.4. The normalized spacial score (nSPS) is 13.6. The Bertz CT molecular complexity index is 651. The van der Waals surface area contributed by atoms with Crippen LogP contribution in [-0.4, -0.2) is 29.5 Å². The van der Waals surface area contributed by atoms with Gasteiger partial charge >= 0.3 is 0 Å². The average Bonchev–Trinajstić information content (AvgIpc) is 2.98. The van der Waals surface area contributed by atoms with Crippen LogP contribution in [0.3, 0.4) is 0 Å². The van der Waals surface area contributed by atoms with Crippen LogP contribution in [0.15, 0.2) is 22.9 Å². The van der Waals surface area contributed by atoms with Gasteiger partial charge in [0.25, 0.3) is 10.0 Å². The molecule has 0 saturated heterocycles. The summed E-state index contributed by atoms with van der Waals surface area (Å²) >= 11 is 7.37. The molecule has 0 aliphatic rings. The fourth-order valence-corrected chi connectivity index (χ4v) is 3.70. The van der Waals surface area contributed by atoms with E-state index in [4.69, 9.17) is 11.6 Å². The number of thiazole rings is 1. The lowest BCUT2D eigenvalue weighted by atomic mass is 10.2. The van der Waals surface area contributed by atoms with Crippen molar-refractivity contribution < 1.29 is 8.42 Å². The van der Waals surface area contributed by atoms with E-state index in [1.165, 1.54) is 22.2 Å². The van der Waals surface area contributed by atoms with Gasteiger partial charge in [0.05, 0.1) is 11.3 Å². The Hall–Kier alpha value is -0.960. The second-order valence-corrected chi connectivity index (χ2v) is 7.04. The molecule has 104 valence electrons. The monoisotopic (exact) mass is 320 g/mol. The van der Waals surface area contributed by atoms with Crippen molar-refractivity contribution in [3.8, 4) is 0 Å². The first-order valence-electron chi connectivity index (χ1n) is 5.47. The van der Waals surface area contributed by atoms with Crippen LogP contribution in [0.1, 0.15) is 17.8 Å². The van der Waals surface area contributed by atoms with Crippen LogP contribution < -0.4 is 4.72 Å². The van der Waals surface area contributed by atoms with E-state index in [2.05, 4.69) is 14.7 Å². The Balaban J connectivity index is 2.08. The molecule has 1 N–H and O–H groups in total. The predicted molar refractivity (Wildman–Crippen MR) is 73.9 cm³/mol. The average molecular weight is 321 g/mol. The third kappa shape index (κ3) is 3.14. The summed E-state index contributed by atoms with van der Waals surface area (Å²) in [5.41, 5.74) is 0. The minimum absolute atomic E-state index is 0.00253. The molecular formula is C10H13ClN4O2S2. The molecule has 0 amide bonds. The highest BCUT2D eigenvalue weighted by atomic mass is 35.5. The van der Waals surface area contributed by atoms with Crippen molar-refractivity contribution in [1.29, 1.82) is 0 Å². The molecule has 2 heterocycles. The number of hydrogen-bond acceptors (Lipinski definition) is 5. The second kappa shape index (κ2) is 5.58. The molecule has 2 aromatic rings. The molecule has 9 heteroatoms. The number of imidazole rings is 1. The van der Waals surface area contributed by atoms with E-state index in [0.29, 0.717) is 0 Å². The van der Waals surface area contributed by atoms with E-state index >= 15 is 0 Å². The van der Waals surface area contributed by atoms with Gasteiger partial charge in [-0.05, 0) is 0 Å². The lowest BCUT2D eigenvalue weighted by Gasteiger charge is -2.09. The van der Waals surface area contributed by atoms with Crippen LogP contribution in [0.25, 0.3) is 0 Å². The Morgan fingerprint density at radius 3 is 2.79 bits per heavy atom. The minimum atomic E-state index is -3.69. The molecule has 2 rings (SSSR count). The van der Waals surface area contributed by atoms with Crippen LogP contribution in [0, 0.1) is 0 Å². The van der Waals surface area contributed by atoms with Crippen LogP contribution >= 0.6 is 22.9 Å². The number of aryl methyl sites for hydroxylation is 1. The number of sulfonamides is 1. The molecule has 0 saturated carbocycles. The highest BCUT2D eigenvalue weighted by molar-refractivity contribution is 7.89. The molecule has 1 atom stereocenters. The van der Waals surface area contributed by atoms with E-state index in [1.807, 2.05) is 12.3 Å². The number of rotatable bonds is 5. The largest absolute Gasteiger partial charge is 0.324 e. The van der Waals surface area contributed by atoms with Gasteiger partial charge in [-0.3, -0.25) is 0 Å². The Labute approximate surface area is 120 Å². The van der Waals surface area contributed by atoms with Crippen LogP contribution in [0.2, 0.25) is 5.15 Å². The standard InChI is InChI=1S/C10H13ClN4O2S2/c1-7(9-12-3-4-18-9)5-14-19(16,17)10-8(11)15(2)6-13-10/h3-4,6-7,14H,5H2,1-2H3. The summed E-state index contributed by atoms with van der Waals surface area (Å²) in [5, 5.41) is 2.68. The molecule has 1 unspecified atom stereocenters. The van der Waals surface area contributed by atoms with Gasteiger partial charge in [-0.25, -0.2) is 23.1 Å². The summed E-state index contributed by atoms with van der Waals surface area (Å²) < 4.78 is 28.0. The van der Waals surface area contributed by atoms with Crippen molar-refractivity contribution in [2.75, 3.05) is 6.54 Å². The molecule has 0 radical (unpaired) electrons. The van der Waals surface area contributed by atoms with Gasteiger partial charge in [0.1, 0.15) is 5.15 Å². The highest BCUT2D eigenvalue weighted by Gasteiger charge is 2.23. The van der Waals surface area contributed by atoms with Gasteiger partial charge in [0.15, 0.2) is 0 Å². The SMILES string of the molecule is CC(CNS(=O)(=O)c1ncn(C)c1Cl)c1nccs1. The van der Waals surface area contributed by atoms with Gasteiger partial charge in [0.2, 0.25) is 5.03 Å². The summed E-state index contributed by atoms with van der Waals surface area (Å²) in [5.74, 6) is -0.00253. The van der Waals surface area contributed by atoms with Gasteiger partial charge in [0, 0.05) is 31.1 Å². The maximum atomic E-state index is 12.1. The third-order valence-electron chi connectivity index (χ3n) is 2.54. The van der Waals surface area contributed by atoms with Gasteiger partial charge in [-0.1, -0.05) is 18.5 Å². The molecule has 6 nitrogen and oxygen atoms in total. The molecule has 0 fully saturated rings. The highest BCUT2D eigenvalue weighted by Crippen LogP contribution is 2.20. The summed E-state index contributed by atoms with van der Waals surface area (Å²) in [6.45, 7) is 2.16. The first-order valence-corrected chi connectivity index (χ1v) is 8.21. The summed E-state index contributed by atoms with van der Waals surface area (Å²) in [6.07, 6.45) is 3.06. The predicted octanol–water partition coefficient (Wildman–Crippen LogP) is 1.61. The molecule has 19 heavy (non-hydrogen) atoms. The fourth-order valence-electron chi connectivity index (χ4n) is 1.44. The molecule has 0 aromatic carbocycles. The van der Waals surface area contributed by atoms with E-state index in [-0.39, 0.29) is 22.6 Å². The van der Waals surface area contributed by atoms with Crippen LogP contribution in [-0.2, 0) is 17.1 Å². The van der Waals surface area contributed by atoms with Crippen molar-refractivity contribution >= 4 is 33.0 Å². The zero-order chi connectivity index (χ0) is 14.0. The maximum absolute atomic E-state index is 12.1. The van der Waals surface area contributed by atoms with E-state index in [1.54, 1.807) is 13.2 Å². The minimum Gasteiger partial charge on any atom is -0.324 e. The summed E-state index contributed by atoms with van der Waals surface area (Å²) in [7, 11) is -2.06. The van der Waals surface area contributed by atoms with E-state index < -0.39 is 10.0 Å². The van der Waals surface area contributed by atoms with Crippen molar-refractivity contribution in [2.24, 2.45) is 7.05 Å². The number of nitrogens with zero attached hydrogens (tertiary/aromatic N) is 3. The van der Waals surface area contributed by atoms with Crippen molar-refractivity contribution in [3.05, 3.63) is 28.1 Å². The van der Waals surface area contributed by atoms with Gasteiger partial charge < -0.3 is 4.57 Å². The van der Waals surface area contributed by atoms with Crippen LogP contribution in [0.4, 0.5) is 0 Å². The molecule has 0 spiro atoms. The topological polar surface area (TPSA) is 76.9 Å². The zero-order valence-corrected chi connectivity index (χ0v) is 12.8.